The first-order valence-electron chi connectivity index (χ1n) is 16.1. The number of nitrogens with zero attached hydrogens (tertiary/aromatic N) is 1. The molecule has 3 rings (SSSR count). The number of H-pyrrole nitrogens is 1. The number of esters is 1. The molecular formula is C34H51N5O7. The molecule has 0 spiro atoms. The van der Waals surface area contributed by atoms with Gasteiger partial charge in [0.15, 0.2) is 0 Å². The highest BCUT2D eigenvalue weighted by molar-refractivity contribution is 5.95. The summed E-state index contributed by atoms with van der Waals surface area (Å²) in [5, 5.41) is 9.29. The lowest BCUT2D eigenvalue weighted by Gasteiger charge is -2.31. The number of hydrogen-bond acceptors (Lipinski definition) is 7. The van der Waals surface area contributed by atoms with Gasteiger partial charge < -0.3 is 35.3 Å². The summed E-state index contributed by atoms with van der Waals surface area (Å²) in [4.78, 5) is 71.3. The van der Waals surface area contributed by atoms with Gasteiger partial charge in [-0.2, -0.15) is 0 Å². The molecule has 254 valence electrons. The number of aromatic amines is 1. The summed E-state index contributed by atoms with van der Waals surface area (Å²) in [5.41, 5.74) is 0.956. The maximum Gasteiger partial charge on any atom is 0.408 e. The van der Waals surface area contributed by atoms with Crippen LogP contribution in [0.15, 0.2) is 30.5 Å². The molecule has 0 bridgehead atoms. The van der Waals surface area contributed by atoms with Crippen LogP contribution in [0.5, 0.6) is 0 Å². The van der Waals surface area contributed by atoms with E-state index in [1.54, 1.807) is 27.0 Å². The third-order valence-corrected chi connectivity index (χ3v) is 7.78. The van der Waals surface area contributed by atoms with Gasteiger partial charge in [-0.25, -0.2) is 9.59 Å². The van der Waals surface area contributed by atoms with E-state index in [4.69, 9.17) is 9.47 Å². The van der Waals surface area contributed by atoms with Gasteiger partial charge in [-0.3, -0.25) is 14.4 Å². The number of carbonyl (C=O) groups is 5. The lowest BCUT2D eigenvalue weighted by molar-refractivity contribution is -0.146. The molecule has 1 aliphatic heterocycles. The number of ether oxygens (including phenoxy) is 2. The summed E-state index contributed by atoms with van der Waals surface area (Å²) in [6.45, 7) is 13.3. The predicted octanol–water partition coefficient (Wildman–Crippen LogP) is 3.83. The van der Waals surface area contributed by atoms with Crippen LogP contribution in [0.25, 0.3) is 10.9 Å². The molecule has 12 nitrogen and oxygen atoms in total. The molecule has 1 saturated heterocycles. The highest BCUT2D eigenvalue weighted by atomic mass is 16.6. The minimum Gasteiger partial charge on any atom is -0.467 e. The number of benzene rings is 1. The third-order valence-electron chi connectivity index (χ3n) is 7.78. The number of rotatable bonds is 13. The minimum atomic E-state index is -1.05. The third kappa shape index (κ3) is 10.2. The van der Waals surface area contributed by atoms with E-state index in [0.29, 0.717) is 32.2 Å². The molecule has 4 amide bonds. The zero-order valence-corrected chi connectivity index (χ0v) is 28.4. The smallest absolute Gasteiger partial charge is 0.408 e. The average Bonchev–Trinajstić information content (AvgIpc) is 3.61. The lowest BCUT2D eigenvalue weighted by Crippen LogP contribution is -2.58. The number of alkyl carbamates (subject to hydrolysis) is 1. The van der Waals surface area contributed by atoms with E-state index in [0.717, 1.165) is 16.5 Å². The standard InChI is InChI=1S/C34H51N5O7/c1-20(2)16-26(38-33(44)46-34(5,6)7)31(42)39-15-11-14-28(39)30(41)36-25(18-22-19-35-24-13-10-9-12-23(22)24)29(40)37-27(17-21(3)4)32(43)45-8/h9-10,12-13,19-21,25-28,35H,11,14-18H2,1-8H3,(H,36,41)(H,37,40)(H,38,44)/t25-,26-,27-,28-/m0/s1. The quantitative estimate of drug-likeness (QED) is 0.242. The summed E-state index contributed by atoms with van der Waals surface area (Å²) >= 11 is 0. The Hall–Kier alpha value is -4.09. The first-order valence-corrected chi connectivity index (χ1v) is 16.1. The van der Waals surface area contributed by atoms with E-state index in [-0.39, 0.29) is 24.2 Å². The van der Waals surface area contributed by atoms with Crippen molar-refractivity contribution in [1.82, 2.24) is 25.8 Å². The van der Waals surface area contributed by atoms with Crippen molar-refractivity contribution in [2.75, 3.05) is 13.7 Å². The van der Waals surface area contributed by atoms with Crippen molar-refractivity contribution in [1.29, 1.82) is 0 Å². The molecule has 0 radical (unpaired) electrons. The van der Waals surface area contributed by atoms with Crippen LogP contribution in [0, 0.1) is 11.8 Å². The Balaban J connectivity index is 1.85. The van der Waals surface area contributed by atoms with Crippen LogP contribution in [0.4, 0.5) is 4.79 Å². The Morgan fingerprint density at radius 2 is 1.59 bits per heavy atom. The van der Waals surface area contributed by atoms with E-state index in [2.05, 4.69) is 20.9 Å². The summed E-state index contributed by atoms with van der Waals surface area (Å²) in [6, 6.07) is 3.98. The largest absolute Gasteiger partial charge is 0.467 e. The molecule has 2 heterocycles. The van der Waals surface area contributed by atoms with Crippen LogP contribution >= 0.6 is 0 Å². The number of aromatic nitrogens is 1. The molecule has 1 aromatic heterocycles. The Bertz CT molecular complexity index is 1380. The van der Waals surface area contributed by atoms with E-state index in [1.165, 1.54) is 12.0 Å². The lowest BCUT2D eigenvalue weighted by atomic mass is 10.0. The number of fused-ring (bicyclic) bond motifs is 1. The molecule has 1 aromatic carbocycles. The fraction of sp³-hybridized carbons (Fsp3) is 0.618. The number of para-hydroxylation sites is 1. The van der Waals surface area contributed by atoms with Crippen LogP contribution in [0.3, 0.4) is 0 Å². The van der Waals surface area contributed by atoms with Gasteiger partial charge in [-0.05, 0) is 69.9 Å². The van der Waals surface area contributed by atoms with Crippen LogP contribution in [-0.2, 0) is 35.1 Å². The molecule has 46 heavy (non-hydrogen) atoms. The van der Waals surface area contributed by atoms with Crippen molar-refractivity contribution < 1.29 is 33.4 Å². The molecule has 2 aromatic rings. The van der Waals surface area contributed by atoms with Gasteiger partial charge in [0.1, 0.15) is 29.8 Å². The van der Waals surface area contributed by atoms with Gasteiger partial charge in [-0.15, -0.1) is 0 Å². The maximum atomic E-state index is 13.9. The van der Waals surface area contributed by atoms with Crippen molar-refractivity contribution in [3.8, 4) is 0 Å². The Kier molecular flexibility index (Phi) is 12.6. The van der Waals surface area contributed by atoms with E-state index < -0.39 is 53.6 Å². The van der Waals surface area contributed by atoms with Crippen LogP contribution in [0.1, 0.15) is 79.7 Å². The minimum absolute atomic E-state index is 0.0802. The fourth-order valence-corrected chi connectivity index (χ4v) is 5.74. The highest BCUT2D eigenvalue weighted by Gasteiger charge is 2.40. The number of amides is 4. The van der Waals surface area contributed by atoms with Gasteiger partial charge >= 0.3 is 12.1 Å². The van der Waals surface area contributed by atoms with Crippen molar-refractivity contribution in [2.45, 2.75) is 110 Å². The second-order valence-electron chi connectivity index (χ2n) is 13.9. The Morgan fingerprint density at radius 1 is 0.935 bits per heavy atom. The monoisotopic (exact) mass is 641 g/mol. The molecule has 4 N–H and O–H groups in total. The normalized spacial score (nSPS) is 17.0. The summed E-state index contributed by atoms with van der Waals surface area (Å²) in [6.07, 6.45) is 2.95. The molecule has 1 aliphatic rings. The number of hydrogen-bond donors (Lipinski definition) is 4. The topological polar surface area (TPSA) is 159 Å². The fourth-order valence-electron chi connectivity index (χ4n) is 5.74. The highest BCUT2D eigenvalue weighted by Crippen LogP contribution is 2.23. The molecule has 12 heteroatoms. The van der Waals surface area contributed by atoms with E-state index in [1.807, 2.05) is 52.0 Å². The van der Waals surface area contributed by atoms with Crippen molar-refractivity contribution in [3.05, 3.63) is 36.0 Å². The maximum absolute atomic E-state index is 13.9. The van der Waals surface area contributed by atoms with Crippen molar-refractivity contribution >= 4 is 40.7 Å². The number of likely N-dealkylation sites (tertiary alicyclic amines) is 1. The van der Waals surface area contributed by atoms with Gasteiger partial charge in [0.2, 0.25) is 17.7 Å². The average molecular weight is 642 g/mol. The molecule has 0 unspecified atom stereocenters. The van der Waals surface area contributed by atoms with Crippen molar-refractivity contribution in [2.24, 2.45) is 11.8 Å². The van der Waals surface area contributed by atoms with Crippen LogP contribution in [-0.4, -0.2) is 83.1 Å². The second-order valence-corrected chi connectivity index (χ2v) is 13.9. The molecular weight excluding hydrogens is 590 g/mol. The SMILES string of the molecule is COC(=O)[C@H](CC(C)C)NC(=O)[C@H](Cc1c[nH]c2ccccc12)NC(=O)[C@@H]1CCCN1C(=O)[C@H](CC(C)C)NC(=O)OC(C)(C)C. The molecule has 0 aliphatic carbocycles. The second kappa shape index (κ2) is 16.0. The van der Waals surface area contributed by atoms with Crippen LogP contribution in [0.2, 0.25) is 0 Å². The van der Waals surface area contributed by atoms with E-state index in [9.17, 15) is 24.0 Å². The zero-order chi connectivity index (χ0) is 34.2. The number of carbonyl (C=O) groups excluding carboxylic acids is 5. The molecule has 1 fully saturated rings. The van der Waals surface area contributed by atoms with Gasteiger partial charge in [0, 0.05) is 30.1 Å². The Labute approximate surface area is 271 Å². The first-order chi connectivity index (χ1) is 21.6. The van der Waals surface area contributed by atoms with Gasteiger partial charge in [0.25, 0.3) is 0 Å². The predicted molar refractivity (Wildman–Crippen MR) is 175 cm³/mol. The number of nitrogens with one attached hydrogen (secondary N) is 4. The summed E-state index contributed by atoms with van der Waals surface area (Å²) in [5.74, 6) is -1.79. The number of methoxy groups -OCH3 is 1. The van der Waals surface area contributed by atoms with Gasteiger partial charge in [-0.1, -0.05) is 45.9 Å². The van der Waals surface area contributed by atoms with Crippen LogP contribution < -0.4 is 16.0 Å². The zero-order valence-electron chi connectivity index (χ0n) is 28.4. The van der Waals surface area contributed by atoms with E-state index >= 15 is 0 Å². The van der Waals surface area contributed by atoms with Crippen molar-refractivity contribution in [3.63, 3.8) is 0 Å². The molecule has 4 atom stereocenters. The Morgan fingerprint density at radius 3 is 2.22 bits per heavy atom. The summed E-state index contributed by atoms with van der Waals surface area (Å²) < 4.78 is 10.3. The van der Waals surface area contributed by atoms with Gasteiger partial charge in [0.05, 0.1) is 7.11 Å². The first kappa shape index (κ1) is 36.4. The molecule has 0 saturated carbocycles. The summed E-state index contributed by atoms with van der Waals surface area (Å²) in [7, 11) is 1.27.